The maximum atomic E-state index is 12.4. The topological polar surface area (TPSA) is 76.7 Å². The molecule has 1 fully saturated rings. The first-order valence-corrected chi connectivity index (χ1v) is 9.05. The first-order valence-electron chi connectivity index (χ1n) is 8.67. The van der Waals surface area contributed by atoms with Crippen LogP contribution in [0.2, 0.25) is 5.02 Å². The molecule has 1 saturated heterocycles. The van der Waals surface area contributed by atoms with E-state index in [0.29, 0.717) is 6.54 Å². The van der Waals surface area contributed by atoms with Crippen molar-refractivity contribution in [3.8, 4) is 0 Å². The van der Waals surface area contributed by atoms with Crippen LogP contribution < -0.4 is 10.2 Å². The van der Waals surface area contributed by atoms with Crippen molar-refractivity contribution in [2.75, 3.05) is 13.1 Å². The minimum Gasteiger partial charge on any atom is -0.348 e. The van der Waals surface area contributed by atoms with E-state index in [4.69, 9.17) is 11.6 Å². The second-order valence-corrected chi connectivity index (χ2v) is 6.94. The molecule has 0 atom stereocenters. The van der Waals surface area contributed by atoms with Crippen LogP contribution in [0.1, 0.15) is 34.3 Å². The smallest absolute Gasteiger partial charge is 0.283 e. The molecule has 0 bridgehead atoms. The molecule has 3 rings (SSSR count). The lowest BCUT2D eigenvalue weighted by Crippen LogP contribution is -3.08. The summed E-state index contributed by atoms with van der Waals surface area (Å²) >= 11 is 5.80. The van der Waals surface area contributed by atoms with E-state index in [9.17, 15) is 14.9 Å². The Bertz CT molecular complexity index is 819. The first kappa shape index (κ1) is 18.4. The van der Waals surface area contributed by atoms with Crippen molar-refractivity contribution < 1.29 is 14.6 Å². The summed E-state index contributed by atoms with van der Waals surface area (Å²) in [6, 6.07) is 12.1. The molecule has 0 unspecified atom stereocenters. The monoisotopic (exact) mass is 374 g/mol. The van der Waals surface area contributed by atoms with Crippen LogP contribution in [0.5, 0.6) is 0 Å². The van der Waals surface area contributed by atoms with Gasteiger partial charge >= 0.3 is 0 Å². The van der Waals surface area contributed by atoms with Gasteiger partial charge in [0.2, 0.25) is 0 Å². The predicted octanol–water partition coefficient (Wildman–Crippen LogP) is 2.36. The van der Waals surface area contributed by atoms with E-state index in [-0.39, 0.29) is 16.3 Å². The Labute approximate surface area is 156 Å². The van der Waals surface area contributed by atoms with Crippen molar-refractivity contribution in [1.82, 2.24) is 5.32 Å². The zero-order chi connectivity index (χ0) is 18.5. The number of rotatable bonds is 6. The van der Waals surface area contributed by atoms with Crippen LogP contribution >= 0.6 is 11.6 Å². The molecule has 1 aliphatic rings. The van der Waals surface area contributed by atoms with E-state index in [0.717, 1.165) is 12.1 Å². The van der Waals surface area contributed by atoms with Crippen LogP contribution in [0.15, 0.2) is 42.5 Å². The number of nitrogens with zero attached hydrogens (tertiary/aromatic N) is 1. The summed E-state index contributed by atoms with van der Waals surface area (Å²) in [7, 11) is 0. The second-order valence-electron chi connectivity index (χ2n) is 6.50. The number of benzene rings is 2. The minimum absolute atomic E-state index is 0.0158. The highest BCUT2D eigenvalue weighted by Crippen LogP contribution is 2.23. The van der Waals surface area contributed by atoms with Gasteiger partial charge in [0, 0.05) is 36.0 Å². The Morgan fingerprint density at radius 3 is 2.54 bits per heavy atom. The number of hydrogen-bond donors (Lipinski definition) is 2. The van der Waals surface area contributed by atoms with E-state index in [1.165, 1.54) is 49.7 Å². The van der Waals surface area contributed by atoms with Crippen LogP contribution in [-0.4, -0.2) is 23.9 Å². The third kappa shape index (κ3) is 4.39. The number of quaternary nitrogens is 1. The van der Waals surface area contributed by atoms with Crippen molar-refractivity contribution in [2.45, 2.75) is 25.9 Å². The van der Waals surface area contributed by atoms with Crippen LogP contribution in [0.4, 0.5) is 5.69 Å². The lowest BCUT2D eigenvalue weighted by molar-refractivity contribution is -0.901. The average Bonchev–Trinajstić information content (AvgIpc) is 3.13. The highest BCUT2D eigenvalue weighted by molar-refractivity contribution is 6.31. The molecule has 136 valence electrons. The Morgan fingerprint density at radius 1 is 1.15 bits per heavy atom. The average molecular weight is 375 g/mol. The fourth-order valence-electron chi connectivity index (χ4n) is 3.34. The predicted molar refractivity (Wildman–Crippen MR) is 99.4 cm³/mol. The van der Waals surface area contributed by atoms with Gasteiger partial charge in [-0.1, -0.05) is 35.9 Å². The molecule has 1 aliphatic heterocycles. The lowest BCUT2D eigenvalue weighted by atomic mass is 10.1. The fourth-order valence-corrected chi connectivity index (χ4v) is 3.51. The number of nitro benzene ring substituents is 1. The Hall–Kier alpha value is -2.44. The van der Waals surface area contributed by atoms with Gasteiger partial charge in [0.25, 0.3) is 11.6 Å². The molecular formula is C19H21ClN3O3+. The number of amides is 1. The molecule has 0 aromatic heterocycles. The maximum absolute atomic E-state index is 12.4. The van der Waals surface area contributed by atoms with E-state index in [1.54, 1.807) is 4.90 Å². The summed E-state index contributed by atoms with van der Waals surface area (Å²) in [6.07, 6.45) is 2.52. The normalized spacial score (nSPS) is 14.3. The summed E-state index contributed by atoms with van der Waals surface area (Å²) in [6.45, 7) is 3.63. The SMILES string of the molecule is O=C(NCc1ccccc1C[NH+]1CCCC1)c1ccc(Cl)cc1[N+](=O)[O-]. The van der Waals surface area contributed by atoms with Crippen molar-refractivity contribution in [3.63, 3.8) is 0 Å². The molecule has 0 aliphatic carbocycles. The second kappa shape index (κ2) is 8.29. The van der Waals surface area contributed by atoms with Crippen molar-refractivity contribution >= 4 is 23.2 Å². The van der Waals surface area contributed by atoms with Gasteiger partial charge in [-0.3, -0.25) is 14.9 Å². The summed E-state index contributed by atoms with van der Waals surface area (Å²) in [5, 5.41) is 14.2. The van der Waals surface area contributed by atoms with Crippen molar-refractivity contribution in [2.24, 2.45) is 0 Å². The number of carbonyl (C=O) groups excluding carboxylic acids is 1. The molecule has 1 heterocycles. The van der Waals surface area contributed by atoms with Crippen molar-refractivity contribution in [3.05, 3.63) is 74.3 Å². The zero-order valence-corrected chi connectivity index (χ0v) is 15.1. The summed E-state index contributed by atoms with van der Waals surface area (Å²) in [5.41, 5.74) is 1.97. The molecule has 26 heavy (non-hydrogen) atoms. The van der Waals surface area contributed by atoms with Crippen LogP contribution in [0.3, 0.4) is 0 Å². The molecule has 0 saturated carbocycles. The minimum atomic E-state index is -0.592. The van der Waals surface area contributed by atoms with E-state index >= 15 is 0 Å². The molecule has 2 N–H and O–H groups in total. The number of carbonyl (C=O) groups is 1. The van der Waals surface area contributed by atoms with Gasteiger partial charge in [0.1, 0.15) is 12.1 Å². The van der Waals surface area contributed by atoms with Crippen LogP contribution in [0.25, 0.3) is 0 Å². The van der Waals surface area contributed by atoms with Gasteiger partial charge in [-0.05, 0) is 17.7 Å². The van der Waals surface area contributed by atoms with Gasteiger partial charge in [-0.2, -0.15) is 0 Å². The number of hydrogen-bond acceptors (Lipinski definition) is 3. The molecule has 0 spiro atoms. The highest BCUT2D eigenvalue weighted by atomic mass is 35.5. The molecule has 6 nitrogen and oxygen atoms in total. The molecule has 2 aromatic carbocycles. The number of halogens is 1. The highest BCUT2D eigenvalue weighted by Gasteiger charge is 2.21. The standard InChI is InChI=1S/C19H20ClN3O3/c20-16-7-8-17(18(11-16)23(25)26)19(24)21-12-14-5-1-2-6-15(14)13-22-9-3-4-10-22/h1-2,5-8,11H,3-4,9-10,12-13H2,(H,21,24)/p+1. The van der Waals surface area contributed by atoms with Crippen LogP contribution in [0, 0.1) is 10.1 Å². The summed E-state index contributed by atoms with van der Waals surface area (Å²) < 4.78 is 0. The Morgan fingerprint density at radius 2 is 1.85 bits per heavy atom. The number of nitrogens with one attached hydrogen (secondary N) is 2. The first-order chi connectivity index (χ1) is 12.5. The quantitative estimate of drug-likeness (QED) is 0.602. The Balaban J connectivity index is 1.71. The third-order valence-corrected chi connectivity index (χ3v) is 4.95. The third-order valence-electron chi connectivity index (χ3n) is 4.71. The molecular weight excluding hydrogens is 354 g/mol. The van der Waals surface area contributed by atoms with Gasteiger partial charge in [-0.15, -0.1) is 0 Å². The van der Waals surface area contributed by atoms with Gasteiger partial charge in [0.05, 0.1) is 18.0 Å². The molecule has 2 aromatic rings. The van der Waals surface area contributed by atoms with Gasteiger partial charge < -0.3 is 10.2 Å². The molecule has 1 amide bonds. The van der Waals surface area contributed by atoms with Crippen molar-refractivity contribution in [1.29, 1.82) is 0 Å². The van der Waals surface area contributed by atoms with E-state index in [1.807, 2.05) is 18.2 Å². The largest absolute Gasteiger partial charge is 0.348 e. The van der Waals surface area contributed by atoms with Gasteiger partial charge in [0.15, 0.2) is 0 Å². The lowest BCUT2D eigenvalue weighted by Gasteiger charge is -2.15. The number of likely N-dealkylation sites (tertiary alicyclic amines) is 1. The summed E-state index contributed by atoms with van der Waals surface area (Å²) in [5.74, 6) is -0.475. The van der Waals surface area contributed by atoms with Crippen LogP contribution in [-0.2, 0) is 13.1 Å². The molecule has 0 radical (unpaired) electrons. The maximum Gasteiger partial charge on any atom is 0.283 e. The summed E-state index contributed by atoms with van der Waals surface area (Å²) in [4.78, 5) is 24.6. The zero-order valence-electron chi connectivity index (χ0n) is 14.3. The number of nitro groups is 1. The fraction of sp³-hybridized carbons (Fsp3) is 0.316. The molecule has 7 heteroatoms. The Kier molecular flexibility index (Phi) is 5.85. The van der Waals surface area contributed by atoms with E-state index < -0.39 is 10.8 Å². The van der Waals surface area contributed by atoms with Gasteiger partial charge in [-0.25, -0.2) is 0 Å². The van der Waals surface area contributed by atoms with E-state index in [2.05, 4.69) is 11.4 Å².